The third-order valence-corrected chi connectivity index (χ3v) is 23.8. The van der Waals surface area contributed by atoms with Gasteiger partial charge in [0.1, 0.15) is 0 Å². The van der Waals surface area contributed by atoms with Crippen LogP contribution in [0, 0.1) is 46.3 Å². The van der Waals surface area contributed by atoms with Crippen molar-refractivity contribution in [2.45, 2.75) is 218 Å². The maximum Gasteiger partial charge on any atom is 0.0547 e. The molecule has 0 spiro atoms. The average Bonchev–Trinajstić information content (AvgIpc) is 3.92. The first-order valence-electron chi connectivity index (χ1n) is 24.2. The molecule has 6 aliphatic carbocycles. The summed E-state index contributed by atoms with van der Waals surface area (Å²) in [5.41, 5.74) is 10.0. The SMILES string of the molecule is CC1(CC2CC3C(c4ccc(C(C)(C)C)cc4)CCCC3C2[Si](C)(C)C2C(CC3(C)CCCC3)CC3C(c4ccc(C(C)(C)C)cc4)CCCC32)CCCC1. The predicted molar refractivity (Wildman–Crippen MR) is 241 cm³/mol. The van der Waals surface area contributed by atoms with E-state index in [-0.39, 0.29) is 10.8 Å². The van der Waals surface area contributed by atoms with Crippen molar-refractivity contribution in [3.63, 3.8) is 0 Å². The Hall–Kier alpha value is -1.34. The van der Waals surface area contributed by atoms with Crippen molar-refractivity contribution in [3.05, 3.63) is 70.8 Å². The molecule has 2 aromatic carbocycles. The van der Waals surface area contributed by atoms with Crippen LogP contribution >= 0.6 is 0 Å². The molecule has 6 fully saturated rings. The minimum absolute atomic E-state index is 0.225. The van der Waals surface area contributed by atoms with Gasteiger partial charge in [0, 0.05) is 0 Å². The van der Waals surface area contributed by atoms with E-state index in [1.54, 1.807) is 36.8 Å². The van der Waals surface area contributed by atoms with Crippen molar-refractivity contribution in [2.24, 2.45) is 46.3 Å². The van der Waals surface area contributed by atoms with Gasteiger partial charge in [-0.05, 0) is 167 Å². The lowest BCUT2D eigenvalue weighted by Gasteiger charge is -2.50. The molecule has 304 valence electrons. The Labute approximate surface area is 341 Å². The van der Waals surface area contributed by atoms with Crippen LogP contribution in [0.1, 0.15) is 205 Å². The van der Waals surface area contributed by atoms with Crippen LogP contribution < -0.4 is 0 Å². The summed E-state index contributed by atoms with van der Waals surface area (Å²) in [6.07, 6.45) is 26.9. The van der Waals surface area contributed by atoms with Crippen LogP contribution in [0.3, 0.4) is 0 Å². The zero-order valence-electron chi connectivity index (χ0n) is 37.6. The summed E-state index contributed by atoms with van der Waals surface area (Å²) in [7, 11) is -1.72. The molecule has 0 radical (unpaired) electrons. The Morgan fingerprint density at radius 2 is 0.836 bits per heavy atom. The molecule has 0 N–H and O–H groups in total. The second-order valence-electron chi connectivity index (χ2n) is 24.8. The third kappa shape index (κ3) is 7.92. The number of rotatable bonds is 8. The standard InChI is InChI=1S/C54H84Si/c1-51(2,3)41-25-21-37(22-26-41)43-17-15-19-45-47(43)33-39(35-53(7)29-11-12-30-53)49(45)55(9,10)50-40(36-54(8)31-13-14-32-54)34-48-44(18-16-20-46(48)50)38-23-27-42(28-24-38)52(4,5)6/h21-28,39-40,43-50H,11-20,29-36H2,1-10H3. The van der Waals surface area contributed by atoms with Gasteiger partial charge in [-0.15, -0.1) is 0 Å². The first-order valence-corrected chi connectivity index (χ1v) is 27.3. The lowest BCUT2D eigenvalue weighted by atomic mass is 9.70. The molecule has 0 nitrogen and oxygen atoms in total. The molecule has 0 saturated heterocycles. The average molecular weight is 761 g/mol. The minimum atomic E-state index is -1.72. The Morgan fingerprint density at radius 1 is 0.491 bits per heavy atom. The van der Waals surface area contributed by atoms with E-state index in [0.29, 0.717) is 10.8 Å². The summed E-state index contributed by atoms with van der Waals surface area (Å²) in [5.74, 6) is 7.21. The van der Waals surface area contributed by atoms with Crippen LogP contribution in [0.4, 0.5) is 0 Å². The number of hydrogen-bond donors (Lipinski definition) is 0. The highest BCUT2D eigenvalue weighted by Crippen LogP contribution is 2.70. The molecule has 2 aromatic rings. The van der Waals surface area contributed by atoms with Crippen LogP contribution in [-0.4, -0.2) is 8.07 Å². The Morgan fingerprint density at radius 3 is 1.16 bits per heavy atom. The van der Waals surface area contributed by atoms with E-state index >= 15 is 0 Å². The maximum atomic E-state index is 3.05. The fourth-order valence-electron chi connectivity index (χ4n) is 16.2. The van der Waals surface area contributed by atoms with E-state index in [2.05, 4.69) is 117 Å². The minimum Gasteiger partial charge on any atom is -0.0689 e. The molecule has 0 bridgehead atoms. The van der Waals surface area contributed by atoms with Gasteiger partial charge in [0.15, 0.2) is 0 Å². The summed E-state index contributed by atoms with van der Waals surface area (Å²) in [6.45, 7) is 25.9. The van der Waals surface area contributed by atoms with E-state index in [1.807, 2.05) is 0 Å². The quantitative estimate of drug-likeness (QED) is 0.235. The number of fused-ring (bicyclic) bond motifs is 2. The molecule has 0 aromatic heterocycles. The molecular formula is C54H84Si. The second-order valence-corrected chi connectivity index (χ2v) is 29.8. The molecule has 10 unspecified atom stereocenters. The van der Waals surface area contributed by atoms with E-state index in [4.69, 9.17) is 0 Å². The monoisotopic (exact) mass is 761 g/mol. The van der Waals surface area contributed by atoms with Crippen LogP contribution in [-0.2, 0) is 10.8 Å². The summed E-state index contributed by atoms with van der Waals surface area (Å²) in [5, 5.41) is 0. The van der Waals surface area contributed by atoms with Gasteiger partial charge in [0.25, 0.3) is 0 Å². The van der Waals surface area contributed by atoms with Crippen LogP contribution in [0.15, 0.2) is 48.5 Å². The van der Waals surface area contributed by atoms with Gasteiger partial charge >= 0.3 is 0 Å². The van der Waals surface area contributed by atoms with Crippen LogP contribution in [0.5, 0.6) is 0 Å². The lowest BCUT2D eigenvalue weighted by Crippen LogP contribution is -2.48. The van der Waals surface area contributed by atoms with Crippen LogP contribution in [0.25, 0.3) is 0 Å². The normalized spacial score (nSPS) is 36.2. The predicted octanol–water partition coefficient (Wildman–Crippen LogP) is 16.4. The molecule has 6 saturated carbocycles. The molecule has 0 heterocycles. The van der Waals surface area contributed by atoms with Gasteiger partial charge in [-0.3, -0.25) is 0 Å². The van der Waals surface area contributed by atoms with E-state index in [1.165, 1.54) is 101 Å². The van der Waals surface area contributed by atoms with Gasteiger partial charge < -0.3 is 0 Å². The van der Waals surface area contributed by atoms with Crippen molar-refractivity contribution in [1.29, 1.82) is 0 Å². The second kappa shape index (κ2) is 15.0. The zero-order chi connectivity index (χ0) is 39.0. The Balaban J connectivity index is 1.15. The maximum absolute atomic E-state index is 3.05. The fourth-order valence-corrected chi connectivity index (χ4v) is 22.7. The molecule has 55 heavy (non-hydrogen) atoms. The summed E-state index contributed by atoms with van der Waals surface area (Å²) >= 11 is 0. The highest BCUT2D eigenvalue weighted by Gasteiger charge is 2.62. The van der Waals surface area contributed by atoms with Crippen LogP contribution in [0.2, 0.25) is 24.2 Å². The van der Waals surface area contributed by atoms with Gasteiger partial charge in [-0.1, -0.05) is 168 Å². The number of hydrogen-bond acceptors (Lipinski definition) is 0. The first kappa shape index (κ1) is 40.4. The summed E-state index contributed by atoms with van der Waals surface area (Å²) in [4.78, 5) is 0. The molecule has 0 amide bonds. The Kier molecular flexibility index (Phi) is 11.1. The zero-order valence-corrected chi connectivity index (χ0v) is 38.6. The third-order valence-electron chi connectivity index (χ3n) is 18.6. The van der Waals surface area contributed by atoms with E-state index in [0.717, 1.165) is 58.4 Å². The van der Waals surface area contributed by atoms with Crippen molar-refractivity contribution in [1.82, 2.24) is 0 Å². The molecular weight excluding hydrogens is 677 g/mol. The van der Waals surface area contributed by atoms with E-state index < -0.39 is 8.07 Å². The topological polar surface area (TPSA) is 0 Å². The van der Waals surface area contributed by atoms with Gasteiger partial charge in [0.2, 0.25) is 0 Å². The van der Waals surface area contributed by atoms with Crippen molar-refractivity contribution in [3.8, 4) is 0 Å². The van der Waals surface area contributed by atoms with Crippen molar-refractivity contribution < 1.29 is 0 Å². The van der Waals surface area contributed by atoms with Crippen molar-refractivity contribution in [2.75, 3.05) is 0 Å². The van der Waals surface area contributed by atoms with Gasteiger partial charge in [0.05, 0.1) is 8.07 Å². The molecule has 6 aliphatic rings. The van der Waals surface area contributed by atoms with Crippen molar-refractivity contribution >= 4 is 8.07 Å². The Bertz CT molecular complexity index is 1460. The molecule has 1 heteroatoms. The molecule has 8 rings (SSSR count). The van der Waals surface area contributed by atoms with Gasteiger partial charge in [-0.25, -0.2) is 0 Å². The molecule has 10 atom stereocenters. The highest BCUT2D eigenvalue weighted by atomic mass is 28.3. The lowest BCUT2D eigenvalue weighted by molar-refractivity contribution is 0.222. The smallest absolute Gasteiger partial charge is 0.0547 e. The summed E-state index contributed by atoms with van der Waals surface area (Å²) < 4.78 is 0. The first-order chi connectivity index (χ1) is 26.0. The van der Waals surface area contributed by atoms with E-state index in [9.17, 15) is 0 Å². The molecule has 0 aliphatic heterocycles. The fraction of sp³-hybridized carbons (Fsp3) is 0.778. The van der Waals surface area contributed by atoms with Gasteiger partial charge in [-0.2, -0.15) is 0 Å². The largest absolute Gasteiger partial charge is 0.0689 e. The summed E-state index contributed by atoms with van der Waals surface area (Å²) in [6, 6.07) is 20.4. The number of benzene rings is 2. The highest BCUT2D eigenvalue weighted by molar-refractivity contribution is 6.80.